The highest BCUT2D eigenvalue weighted by molar-refractivity contribution is 5.91. The number of carbonyl (C=O) groups is 1. The van der Waals surface area contributed by atoms with Crippen LogP contribution in [0.4, 0.5) is 0 Å². The van der Waals surface area contributed by atoms with Gasteiger partial charge in [0.1, 0.15) is 12.4 Å². The largest absolute Gasteiger partial charge is 0.504 e. The monoisotopic (exact) mass is 433 g/mol. The molecule has 166 valence electrons. The molecule has 0 unspecified atom stereocenters. The Balaban J connectivity index is 1.51. The van der Waals surface area contributed by atoms with Gasteiger partial charge in [-0.3, -0.25) is 14.8 Å². The number of ether oxygens (including phenoxy) is 2. The van der Waals surface area contributed by atoms with Gasteiger partial charge in [-0.15, -0.1) is 0 Å². The molecule has 0 saturated heterocycles. The summed E-state index contributed by atoms with van der Waals surface area (Å²) in [5.41, 5.74) is 5.21. The fraction of sp³-hybridized carbons (Fsp3) is 0.240. The van der Waals surface area contributed by atoms with E-state index in [1.54, 1.807) is 18.2 Å². The highest BCUT2D eigenvalue weighted by atomic mass is 16.5. The number of aromatic nitrogens is 2. The summed E-state index contributed by atoms with van der Waals surface area (Å²) in [5, 5.41) is 12.4. The predicted molar refractivity (Wildman–Crippen MR) is 123 cm³/mol. The van der Waals surface area contributed by atoms with E-state index < -0.39 is 0 Å². The Hall–Kier alpha value is -3.87. The van der Waals surface area contributed by atoms with Gasteiger partial charge in [0.2, 0.25) is 5.91 Å². The molecule has 0 fully saturated rings. The lowest BCUT2D eigenvalue weighted by atomic mass is 10.2. The van der Waals surface area contributed by atoms with Crippen molar-refractivity contribution in [3.63, 3.8) is 0 Å². The number of hydrogen-bond donors (Lipinski definition) is 2. The highest BCUT2D eigenvalue weighted by Gasteiger charge is 2.07. The lowest BCUT2D eigenvalue weighted by Crippen LogP contribution is -2.20. The maximum absolute atomic E-state index is 12.1. The summed E-state index contributed by atoms with van der Waals surface area (Å²) in [5.74, 6) is 0.926. The summed E-state index contributed by atoms with van der Waals surface area (Å²) in [6.07, 6.45) is 3.21. The third kappa shape index (κ3) is 6.07. The van der Waals surface area contributed by atoms with Crippen molar-refractivity contribution in [2.75, 3.05) is 7.11 Å². The minimum atomic E-state index is -0.221. The summed E-state index contributed by atoms with van der Waals surface area (Å²) in [4.78, 5) is 21.1. The Morgan fingerprint density at radius 2 is 1.75 bits per heavy atom. The molecule has 3 rings (SSSR count). The minimum Gasteiger partial charge on any atom is -0.504 e. The number of carbonyl (C=O) groups excluding carboxylic acids is 1. The summed E-state index contributed by atoms with van der Waals surface area (Å²) in [7, 11) is 1.48. The van der Waals surface area contributed by atoms with E-state index in [4.69, 9.17) is 9.47 Å². The smallest absolute Gasteiger partial charge is 0.244 e. The van der Waals surface area contributed by atoms with Gasteiger partial charge >= 0.3 is 0 Å². The number of benzene rings is 2. The number of nitrogens with one attached hydrogen (secondary N) is 1. The topological polar surface area (TPSA) is 93.6 Å². The average Bonchev–Trinajstić information content (AvgIpc) is 2.79. The summed E-state index contributed by atoms with van der Waals surface area (Å²) < 4.78 is 10.9. The van der Waals surface area contributed by atoms with Crippen LogP contribution < -0.4 is 14.8 Å². The van der Waals surface area contributed by atoms with Crippen LogP contribution in [0.25, 0.3) is 6.08 Å². The summed E-state index contributed by atoms with van der Waals surface area (Å²) in [6, 6.07) is 12.4. The van der Waals surface area contributed by atoms with Crippen LogP contribution in [0.1, 0.15) is 33.9 Å². The van der Waals surface area contributed by atoms with Gasteiger partial charge in [-0.2, -0.15) is 0 Å². The lowest BCUT2D eigenvalue weighted by Gasteiger charge is -2.10. The fourth-order valence-electron chi connectivity index (χ4n) is 2.98. The lowest BCUT2D eigenvalue weighted by molar-refractivity contribution is -0.116. The molecule has 1 amide bonds. The second-order valence-corrected chi connectivity index (χ2v) is 7.34. The van der Waals surface area contributed by atoms with Crippen LogP contribution in [-0.4, -0.2) is 28.1 Å². The van der Waals surface area contributed by atoms with E-state index in [2.05, 4.69) is 15.3 Å². The number of aromatic hydroxyl groups is 1. The van der Waals surface area contributed by atoms with Crippen molar-refractivity contribution in [1.29, 1.82) is 0 Å². The summed E-state index contributed by atoms with van der Waals surface area (Å²) in [6.45, 7) is 6.48. The average molecular weight is 434 g/mol. The number of aryl methyl sites for hydroxylation is 3. The molecule has 0 aliphatic carbocycles. The van der Waals surface area contributed by atoms with Gasteiger partial charge in [-0.05, 0) is 62.2 Å². The van der Waals surface area contributed by atoms with Gasteiger partial charge < -0.3 is 19.9 Å². The zero-order chi connectivity index (χ0) is 23.1. The van der Waals surface area contributed by atoms with Gasteiger partial charge in [-0.1, -0.05) is 18.2 Å². The number of methoxy groups -OCH3 is 1. The normalized spacial score (nSPS) is 10.9. The quantitative estimate of drug-likeness (QED) is 0.521. The predicted octanol–water partition coefficient (Wildman–Crippen LogP) is 4.02. The first kappa shape index (κ1) is 22.8. The molecule has 2 aromatic carbocycles. The molecule has 7 heteroatoms. The van der Waals surface area contributed by atoms with Crippen molar-refractivity contribution < 1.29 is 19.4 Å². The molecule has 0 atom stereocenters. The number of phenols is 1. The van der Waals surface area contributed by atoms with Crippen molar-refractivity contribution >= 4 is 12.0 Å². The number of nitrogens with zero attached hydrogens (tertiary/aromatic N) is 2. The Morgan fingerprint density at radius 3 is 2.47 bits per heavy atom. The molecule has 2 N–H and O–H groups in total. The van der Waals surface area contributed by atoms with E-state index in [1.807, 2.05) is 45.0 Å². The Kier molecular flexibility index (Phi) is 7.44. The van der Waals surface area contributed by atoms with Crippen LogP contribution in [0.15, 0.2) is 48.5 Å². The highest BCUT2D eigenvalue weighted by Crippen LogP contribution is 2.26. The standard InChI is InChI=1S/C25H27N3O4/c1-16-17(2)28-22(18(3)27-16)15-32-21-9-5-19(6-10-21)8-12-25(30)26-14-20-7-11-23(29)24(13-20)31-4/h5-13,29H,14-15H2,1-4H3,(H,26,30)/b12-8+. The van der Waals surface area contributed by atoms with E-state index >= 15 is 0 Å². The second-order valence-electron chi connectivity index (χ2n) is 7.34. The molecule has 32 heavy (non-hydrogen) atoms. The van der Waals surface area contributed by atoms with Crippen LogP contribution in [0.2, 0.25) is 0 Å². The fourth-order valence-corrected chi connectivity index (χ4v) is 2.98. The number of amides is 1. The van der Waals surface area contributed by atoms with Gasteiger partial charge in [0, 0.05) is 12.6 Å². The molecule has 0 saturated carbocycles. The number of phenolic OH excluding ortho intramolecular Hbond substituents is 1. The molecule has 0 spiro atoms. The van der Waals surface area contributed by atoms with Gasteiger partial charge in [-0.25, -0.2) is 0 Å². The number of hydrogen-bond acceptors (Lipinski definition) is 6. The van der Waals surface area contributed by atoms with Crippen molar-refractivity contribution in [3.05, 3.63) is 82.4 Å². The third-order valence-electron chi connectivity index (χ3n) is 4.97. The molecule has 0 bridgehead atoms. The number of rotatable bonds is 8. The van der Waals surface area contributed by atoms with Crippen molar-refractivity contribution in [3.8, 4) is 17.2 Å². The van der Waals surface area contributed by atoms with Crippen LogP contribution in [0.5, 0.6) is 17.2 Å². The van der Waals surface area contributed by atoms with Crippen molar-refractivity contribution in [2.45, 2.75) is 33.9 Å². The second kappa shape index (κ2) is 10.4. The van der Waals surface area contributed by atoms with Gasteiger partial charge in [0.15, 0.2) is 11.5 Å². The Labute approximate surface area is 187 Å². The van der Waals surface area contributed by atoms with E-state index in [0.29, 0.717) is 24.7 Å². The molecule has 0 aliphatic rings. The van der Waals surface area contributed by atoms with E-state index in [1.165, 1.54) is 19.3 Å². The van der Waals surface area contributed by atoms with Crippen LogP contribution in [0, 0.1) is 20.8 Å². The Morgan fingerprint density at radius 1 is 1.03 bits per heavy atom. The molecule has 3 aromatic rings. The van der Waals surface area contributed by atoms with Crippen LogP contribution in [0.3, 0.4) is 0 Å². The maximum atomic E-state index is 12.1. The molecule has 0 radical (unpaired) electrons. The minimum absolute atomic E-state index is 0.0620. The Bertz CT molecular complexity index is 1120. The van der Waals surface area contributed by atoms with E-state index in [9.17, 15) is 9.90 Å². The maximum Gasteiger partial charge on any atom is 0.244 e. The molecular formula is C25H27N3O4. The SMILES string of the molecule is COc1cc(CNC(=O)/C=C/c2ccc(OCc3nc(C)c(C)nc3C)cc2)ccc1O. The van der Waals surface area contributed by atoms with Crippen LogP contribution in [-0.2, 0) is 17.9 Å². The molecule has 1 heterocycles. The molecule has 0 aliphatic heterocycles. The van der Waals surface area contributed by atoms with Gasteiger partial charge in [0.05, 0.1) is 29.9 Å². The molecular weight excluding hydrogens is 406 g/mol. The first-order chi connectivity index (χ1) is 15.4. The summed E-state index contributed by atoms with van der Waals surface area (Å²) >= 11 is 0. The van der Waals surface area contributed by atoms with Gasteiger partial charge in [0.25, 0.3) is 0 Å². The first-order valence-corrected chi connectivity index (χ1v) is 10.2. The van der Waals surface area contributed by atoms with E-state index in [0.717, 1.165) is 33.9 Å². The third-order valence-corrected chi connectivity index (χ3v) is 4.97. The molecule has 7 nitrogen and oxygen atoms in total. The van der Waals surface area contributed by atoms with Crippen molar-refractivity contribution in [2.24, 2.45) is 0 Å². The zero-order valence-electron chi connectivity index (χ0n) is 18.7. The zero-order valence-corrected chi connectivity index (χ0v) is 18.7. The van der Waals surface area contributed by atoms with E-state index in [-0.39, 0.29) is 11.7 Å². The molecule has 1 aromatic heterocycles. The first-order valence-electron chi connectivity index (χ1n) is 10.2. The van der Waals surface area contributed by atoms with Crippen LogP contribution >= 0.6 is 0 Å². The van der Waals surface area contributed by atoms with Crippen molar-refractivity contribution in [1.82, 2.24) is 15.3 Å².